The molecule has 0 aliphatic carbocycles. The highest BCUT2D eigenvalue weighted by Gasteiger charge is 2.07. The standard InChI is InChI=1S/C25H28N4/c1-28(2)15-16-29(3)18-19-11-13-20(14-12-19)21-7-6-8-22(17-21)25-26-23-9-4-5-10-24(23)27-25/h4-14,17H,15-16,18H2,1-3H3,(H,26,27). The van der Waals surface area contributed by atoms with Crippen LogP contribution in [0.1, 0.15) is 5.56 Å². The Morgan fingerprint density at radius 2 is 1.52 bits per heavy atom. The Balaban J connectivity index is 1.51. The number of fused-ring (bicyclic) bond motifs is 1. The Bertz CT molecular complexity index is 1050. The van der Waals surface area contributed by atoms with Crippen LogP contribution in [0.15, 0.2) is 72.8 Å². The van der Waals surface area contributed by atoms with Gasteiger partial charge >= 0.3 is 0 Å². The lowest BCUT2D eigenvalue weighted by atomic mass is 10.0. The number of likely N-dealkylation sites (N-methyl/N-ethyl adjacent to an activating group) is 2. The third-order valence-corrected chi connectivity index (χ3v) is 5.19. The molecule has 0 bridgehead atoms. The van der Waals surface area contributed by atoms with Crippen LogP contribution in [0.4, 0.5) is 0 Å². The van der Waals surface area contributed by atoms with Gasteiger partial charge in [0.25, 0.3) is 0 Å². The van der Waals surface area contributed by atoms with E-state index in [1.165, 1.54) is 16.7 Å². The largest absolute Gasteiger partial charge is 0.338 e. The molecular formula is C25H28N4. The van der Waals surface area contributed by atoms with E-state index in [0.717, 1.165) is 42.1 Å². The quantitative estimate of drug-likeness (QED) is 0.493. The normalized spacial score (nSPS) is 11.6. The second-order valence-electron chi connectivity index (χ2n) is 7.92. The second kappa shape index (κ2) is 8.60. The van der Waals surface area contributed by atoms with Crippen molar-refractivity contribution >= 4 is 11.0 Å². The van der Waals surface area contributed by atoms with Crippen LogP contribution < -0.4 is 0 Å². The number of aromatic nitrogens is 2. The lowest BCUT2D eigenvalue weighted by Gasteiger charge is -2.19. The summed E-state index contributed by atoms with van der Waals surface area (Å²) in [5.74, 6) is 0.909. The summed E-state index contributed by atoms with van der Waals surface area (Å²) in [5.41, 5.74) is 6.93. The van der Waals surface area contributed by atoms with Crippen molar-refractivity contribution in [3.8, 4) is 22.5 Å². The molecule has 3 aromatic carbocycles. The molecule has 4 aromatic rings. The molecule has 0 spiro atoms. The zero-order valence-corrected chi connectivity index (χ0v) is 17.4. The van der Waals surface area contributed by atoms with Crippen LogP contribution in [0.2, 0.25) is 0 Å². The van der Waals surface area contributed by atoms with Gasteiger partial charge in [0.1, 0.15) is 5.82 Å². The van der Waals surface area contributed by atoms with Crippen molar-refractivity contribution < 1.29 is 0 Å². The van der Waals surface area contributed by atoms with Crippen molar-refractivity contribution in [3.63, 3.8) is 0 Å². The Labute approximate surface area is 172 Å². The molecule has 0 aliphatic heterocycles. The SMILES string of the molecule is CN(C)CCN(C)Cc1ccc(-c2cccc(-c3nc4ccccc4[nH]3)c2)cc1. The van der Waals surface area contributed by atoms with E-state index in [2.05, 4.69) is 90.5 Å². The first-order chi connectivity index (χ1) is 14.1. The van der Waals surface area contributed by atoms with Crippen LogP contribution in [0.3, 0.4) is 0 Å². The summed E-state index contributed by atoms with van der Waals surface area (Å²) in [7, 11) is 6.40. The van der Waals surface area contributed by atoms with Crippen LogP contribution in [-0.2, 0) is 6.54 Å². The number of imidazole rings is 1. The van der Waals surface area contributed by atoms with Gasteiger partial charge in [0.05, 0.1) is 11.0 Å². The number of aromatic amines is 1. The number of nitrogens with one attached hydrogen (secondary N) is 1. The number of H-pyrrole nitrogens is 1. The van der Waals surface area contributed by atoms with Gasteiger partial charge in [-0.1, -0.05) is 54.6 Å². The van der Waals surface area contributed by atoms with Crippen molar-refractivity contribution in [1.82, 2.24) is 19.8 Å². The first-order valence-electron chi connectivity index (χ1n) is 10.1. The fraction of sp³-hybridized carbons (Fsp3) is 0.240. The molecule has 0 amide bonds. The van der Waals surface area contributed by atoms with Crippen molar-refractivity contribution in [2.75, 3.05) is 34.2 Å². The maximum atomic E-state index is 4.73. The van der Waals surface area contributed by atoms with E-state index in [-0.39, 0.29) is 0 Å². The zero-order valence-electron chi connectivity index (χ0n) is 17.4. The average Bonchev–Trinajstić information content (AvgIpc) is 3.17. The third-order valence-electron chi connectivity index (χ3n) is 5.19. The molecule has 0 unspecified atom stereocenters. The van der Waals surface area contributed by atoms with Crippen LogP contribution in [-0.4, -0.2) is 54.0 Å². The first kappa shape index (κ1) is 19.4. The van der Waals surface area contributed by atoms with E-state index in [0.29, 0.717) is 0 Å². The van der Waals surface area contributed by atoms with Crippen molar-refractivity contribution in [1.29, 1.82) is 0 Å². The molecule has 0 saturated heterocycles. The van der Waals surface area contributed by atoms with Crippen molar-refractivity contribution in [2.45, 2.75) is 6.54 Å². The van der Waals surface area contributed by atoms with Gasteiger partial charge in [-0.25, -0.2) is 4.98 Å². The molecule has 4 nitrogen and oxygen atoms in total. The molecule has 1 heterocycles. The predicted octanol–water partition coefficient (Wildman–Crippen LogP) is 4.89. The highest BCUT2D eigenvalue weighted by atomic mass is 15.1. The lowest BCUT2D eigenvalue weighted by molar-refractivity contribution is 0.276. The maximum absolute atomic E-state index is 4.73. The van der Waals surface area contributed by atoms with Gasteiger partial charge < -0.3 is 14.8 Å². The van der Waals surface area contributed by atoms with Gasteiger partial charge in [-0.2, -0.15) is 0 Å². The summed E-state index contributed by atoms with van der Waals surface area (Å²) in [4.78, 5) is 12.7. The summed E-state index contributed by atoms with van der Waals surface area (Å²) in [6.45, 7) is 3.10. The highest BCUT2D eigenvalue weighted by molar-refractivity contribution is 5.80. The Morgan fingerprint density at radius 3 is 2.28 bits per heavy atom. The number of rotatable bonds is 7. The molecule has 1 aromatic heterocycles. The van der Waals surface area contributed by atoms with Gasteiger partial charge in [-0.15, -0.1) is 0 Å². The lowest BCUT2D eigenvalue weighted by Crippen LogP contribution is -2.28. The van der Waals surface area contributed by atoms with Gasteiger partial charge in [-0.3, -0.25) is 0 Å². The first-order valence-corrected chi connectivity index (χ1v) is 10.1. The average molecular weight is 385 g/mol. The van der Waals surface area contributed by atoms with Crippen molar-refractivity contribution in [3.05, 3.63) is 78.4 Å². The summed E-state index contributed by atoms with van der Waals surface area (Å²) in [6, 6.07) is 25.6. The summed E-state index contributed by atoms with van der Waals surface area (Å²) in [6.07, 6.45) is 0. The molecule has 148 valence electrons. The van der Waals surface area contributed by atoms with E-state index in [9.17, 15) is 0 Å². The highest BCUT2D eigenvalue weighted by Crippen LogP contribution is 2.26. The zero-order chi connectivity index (χ0) is 20.2. The second-order valence-corrected chi connectivity index (χ2v) is 7.92. The molecule has 29 heavy (non-hydrogen) atoms. The van der Waals surface area contributed by atoms with Crippen LogP contribution in [0.5, 0.6) is 0 Å². The third kappa shape index (κ3) is 4.73. The van der Waals surface area contributed by atoms with Gasteiger partial charge in [0.2, 0.25) is 0 Å². The van der Waals surface area contributed by atoms with Crippen molar-refractivity contribution in [2.24, 2.45) is 0 Å². The maximum Gasteiger partial charge on any atom is 0.138 e. The summed E-state index contributed by atoms with van der Waals surface area (Å²) >= 11 is 0. The fourth-order valence-corrected chi connectivity index (χ4v) is 3.50. The predicted molar refractivity (Wildman–Crippen MR) is 122 cm³/mol. The molecule has 0 aliphatic rings. The Morgan fingerprint density at radius 1 is 0.759 bits per heavy atom. The summed E-state index contributed by atoms with van der Waals surface area (Å²) < 4.78 is 0. The van der Waals surface area contributed by atoms with Crippen LogP contribution in [0.25, 0.3) is 33.5 Å². The number of nitrogens with zero attached hydrogens (tertiary/aromatic N) is 3. The number of hydrogen-bond donors (Lipinski definition) is 1. The molecule has 0 saturated carbocycles. The van der Waals surface area contributed by atoms with Crippen LogP contribution >= 0.6 is 0 Å². The Hall–Kier alpha value is -2.95. The minimum atomic E-state index is 0.909. The minimum absolute atomic E-state index is 0.909. The van der Waals surface area contributed by atoms with E-state index in [1.807, 2.05) is 18.2 Å². The van der Waals surface area contributed by atoms with E-state index >= 15 is 0 Å². The molecule has 0 radical (unpaired) electrons. The van der Waals surface area contributed by atoms with E-state index < -0.39 is 0 Å². The monoisotopic (exact) mass is 384 g/mol. The van der Waals surface area contributed by atoms with E-state index in [4.69, 9.17) is 4.98 Å². The summed E-state index contributed by atoms with van der Waals surface area (Å²) in [5, 5.41) is 0. The molecule has 1 N–H and O–H groups in total. The smallest absolute Gasteiger partial charge is 0.138 e. The minimum Gasteiger partial charge on any atom is -0.338 e. The number of hydrogen-bond acceptors (Lipinski definition) is 3. The Kier molecular flexibility index (Phi) is 5.74. The van der Waals surface area contributed by atoms with Gasteiger partial charge in [0, 0.05) is 25.2 Å². The molecule has 4 rings (SSSR count). The number of para-hydroxylation sites is 2. The van der Waals surface area contributed by atoms with Gasteiger partial charge in [-0.05, 0) is 56.0 Å². The van der Waals surface area contributed by atoms with E-state index in [1.54, 1.807) is 0 Å². The van der Waals surface area contributed by atoms with Gasteiger partial charge in [0.15, 0.2) is 0 Å². The molecular weight excluding hydrogens is 356 g/mol. The molecule has 0 fully saturated rings. The molecule has 0 atom stereocenters. The number of benzene rings is 3. The molecule has 4 heteroatoms. The fourth-order valence-electron chi connectivity index (χ4n) is 3.50. The van der Waals surface area contributed by atoms with Crippen LogP contribution in [0, 0.1) is 0 Å². The topological polar surface area (TPSA) is 35.2 Å².